The molecule has 2 amide bonds. The van der Waals surface area contributed by atoms with Crippen LogP contribution in [0.3, 0.4) is 0 Å². The molecule has 8 nitrogen and oxygen atoms in total. The zero-order valence-corrected chi connectivity index (χ0v) is 14.8. The molecule has 0 bridgehead atoms. The van der Waals surface area contributed by atoms with Crippen LogP contribution in [0.25, 0.3) is 6.08 Å². The molecule has 0 radical (unpaired) electrons. The average molecular weight is 368 g/mol. The van der Waals surface area contributed by atoms with Crippen LogP contribution in [0.4, 0.5) is 0 Å². The number of benzene rings is 1. The van der Waals surface area contributed by atoms with E-state index in [9.17, 15) is 18.0 Å². The van der Waals surface area contributed by atoms with E-state index < -0.39 is 27.6 Å². The molecule has 1 aliphatic heterocycles. The van der Waals surface area contributed by atoms with Gasteiger partial charge in [-0.1, -0.05) is 0 Å². The van der Waals surface area contributed by atoms with Gasteiger partial charge < -0.3 is 9.47 Å². The first-order valence-electron chi connectivity index (χ1n) is 7.55. The van der Waals surface area contributed by atoms with E-state index in [1.54, 1.807) is 18.2 Å². The first-order valence-corrected chi connectivity index (χ1v) is 9.37. The molecule has 1 fully saturated rings. The monoisotopic (exact) mass is 368 g/mol. The fourth-order valence-electron chi connectivity index (χ4n) is 2.39. The van der Waals surface area contributed by atoms with E-state index >= 15 is 0 Å². The molecule has 0 spiro atoms. The standard InChI is InChI=1S/C16H20N2O6S/c1-23-13-5-3-11(14(9-13)24-2)4-6-15(19)17-18-16(20)12-7-8-25(21,22)10-12/h3-6,9,12H,7-8,10H2,1-2H3,(H,17,19)(H,18,20)/b6-4+/t12-/m0/s1. The Morgan fingerprint density at radius 2 is 1.96 bits per heavy atom. The van der Waals surface area contributed by atoms with Crippen molar-refractivity contribution in [1.82, 2.24) is 10.9 Å². The molecule has 1 aromatic rings. The van der Waals surface area contributed by atoms with E-state index in [-0.39, 0.29) is 17.9 Å². The number of ether oxygens (including phenoxy) is 2. The van der Waals surface area contributed by atoms with Gasteiger partial charge in [-0.15, -0.1) is 0 Å². The molecule has 1 saturated heterocycles. The first kappa shape index (κ1) is 18.8. The van der Waals surface area contributed by atoms with Crippen LogP contribution in [-0.4, -0.2) is 46.0 Å². The summed E-state index contributed by atoms with van der Waals surface area (Å²) < 4.78 is 33.0. The summed E-state index contributed by atoms with van der Waals surface area (Å²) in [6.45, 7) is 0. The van der Waals surface area contributed by atoms with Crippen molar-refractivity contribution in [2.45, 2.75) is 6.42 Å². The molecule has 1 aliphatic rings. The molecule has 2 N–H and O–H groups in total. The summed E-state index contributed by atoms with van der Waals surface area (Å²) >= 11 is 0. The third kappa shape index (κ3) is 5.21. The van der Waals surface area contributed by atoms with Crippen LogP contribution in [0.1, 0.15) is 12.0 Å². The number of hydrazine groups is 1. The highest BCUT2D eigenvalue weighted by atomic mass is 32.2. The lowest BCUT2D eigenvalue weighted by Crippen LogP contribution is -2.44. The Balaban J connectivity index is 1.90. The topological polar surface area (TPSA) is 111 Å². The molecule has 0 aromatic heterocycles. The maximum atomic E-state index is 11.8. The number of amides is 2. The molecule has 25 heavy (non-hydrogen) atoms. The van der Waals surface area contributed by atoms with Gasteiger partial charge in [0.05, 0.1) is 31.6 Å². The molecule has 0 aliphatic carbocycles. The number of nitrogens with one attached hydrogen (secondary N) is 2. The molecular formula is C16H20N2O6S. The number of hydrogen-bond acceptors (Lipinski definition) is 6. The normalized spacial score (nSPS) is 18.7. The fraction of sp³-hybridized carbons (Fsp3) is 0.375. The fourth-order valence-corrected chi connectivity index (χ4v) is 4.13. The lowest BCUT2D eigenvalue weighted by molar-refractivity contribution is -0.129. The predicted molar refractivity (Wildman–Crippen MR) is 91.6 cm³/mol. The molecule has 2 rings (SSSR count). The summed E-state index contributed by atoms with van der Waals surface area (Å²) in [5.41, 5.74) is 5.13. The second-order valence-corrected chi connectivity index (χ2v) is 7.75. The Kier molecular flexibility index (Phi) is 6.02. The van der Waals surface area contributed by atoms with E-state index in [1.807, 2.05) is 0 Å². The van der Waals surface area contributed by atoms with E-state index in [4.69, 9.17) is 9.47 Å². The third-order valence-electron chi connectivity index (χ3n) is 3.77. The highest BCUT2D eigenvalue weighted by Crippen LogP contribution is 2.25. The number of rotatable bonds is 5. The minimum Gasteiger partial charge on any atom is -0.497 e. The number of carbonyl (C=O) groups is 2. The largest absolute Gasteiger partial charge is 0.497 e. The van der Waals surface area contributed by atoms with Gasteiger partial charge in [0.2, 0.25) is 5.91 Å². The van der Waals surface area contributed by atoms with E-state index in [2.05, 4.69) is 10.9 Å². The zero-order chi connectivity index (χ0) is 18.4. The summed E-state index contributed by atoms with van der Waals surface area (Å²) in [4.78, 5) is 23.6. The molecule has 1 atom stereocenters. The van der Waals surface area contributed by atoms with Crippen molar-refractivity contribution in [3.8, 4) is 11.5 Å². The minimum absolute atomic E-state index is 0.00377. The van der Waals surface area contributed by atoms with Crippen molar-refractivity contribution in [1.29, 1.82) is 0 Å². The predicted octanol–water partition coefficient (Wildman–Crippen LogP) is 0.299. The quantitative estimate of drug-likeness (QED) is 0.571. The second kappa shape index (κ2) is 8.02. The smallest absolute Gasteiger partial charge is 0.262 e. The zero-order valence-electron chi connectivity index (χ0n) is 13.9. The van der Waals surface area contributed by atoms with Crippen LogP contribution < -0.4 is 20.3 Å². The minimum atomic E-state index is -3.15. The lowest BCUT2D eigenvalue weighted by atomic mass is 10.1. The number of carbonyl (C=O) groups excluding carboxylic acids is 2. The van der Waals surface area contributed by atoms with Gasteiger partial charge in [0, 0.05) is 17.7 Å². The SMILES string of the molecule is COc1ccc(/C=C/C(=O)NNC(=O)[C@H]2CCS(=O)(=O)C2)c(OC)c1. The van der Waals surface area contributed by atoms with Crippen molar-refractivity contribution >= 4 is 27.7 Å². The summed E-state index contributed by atoms with van der Waals surface area (Å²) in [5.74, 6) is -0.724. The van der Waals surface area contributed by atoms with E-state index in [0.29, 0.717) is 17.1 Å². The van der Waals surface area contributed by atoms with Gasteiger partial charge in [-0.05, 0) is 24.6 Å². The van der Waals surface area contributed by atoms with Crippen molar-refractivity contribution in [3.05, 3.63) is 29.8 Å². The molecule has 0 saturated carbocycles. The highest BCUT2D eigenvalue weighted by molar-refractivity contribution is 7.91. The second-order valence-electron chi connectivity index (χ2n) is 5.52. The maximum absolute atomic E-state index is 11.8. The third-order valence-corrected chi connectivity index (χ3v) is 5.53. The van der Waals surface area contributed by atoms with Crippen LogP contribution in [-0.2, 0) is 19.4 Å². The van der Waals surface area contributed by atoms with E-state index in [0.717, 1.165) is 0 Å². The van der Waals surface area contributed by atoms with Gasteiger partial charge in [0.1, 0.15) is 11.5 Å². The lowest BCUT2D eigenvalue weighted by Gasteiger charge is -2.09. The number of methoxy groups -OCH3 is 2. The molecule has 9 heteroatoms. The molecular weight excluding hydrogens is 348 g/mol. The summed E-state index contributed by atoms with van der Waals surface area (Å²) in [7, 11) is -0.111. The van der Waals surface area contributed by atoms with Crippen LogP contribution in [0.5, 0.6) is 11.5 Å². The van der Waals surface area contributed by atoms with Gasteiger partial charge in [-0.2, -0.15) is 0 Å². The number of hydrogen-bond donors (Lipinski definition) is 2. The van der Waals surface area contributed by atoms with Gasteiger partial charge in [0.15, 0.2) is 9.84 Å². The Labute approximate surface area is 146 Å². The molecule has 1 aromatic carbocycles. The van der Waals surface area contributed by atoms with Crippen LogP contribution in [0.15, 0.2) is 24.3 Å². The van der Waals surface area contributed by atoms with Crippen LogP contribution >= 0.6 is 0 Å². The summed E-state index contributed by atoms with van der Waals surface area (Å²) in [5, 5.41) is 0. The average Bonchev–Trinajstić information content (AvgIpc) is 2.97. The molecule has 0 unspecified atom stereocenters. The Bertz CT molecular complexity index is 788. The maximum Gasteiger partial charge on any atom is 0.262 e. The Morgan fingerprint density at radius 1 is 1.20 bits per heavy atom. The van der Waals surface area contributed by atoms with Gasteiger partial charge in [-0.25, -0.2) is 8.42 Å². The number of sulfone groups is 1. The van der Waals surface area contributed by atoms with Gasteiger partial charge in [0.25, 0.3) is 5.91 Å². The summed E-state index contributed by atoms with van der Waals surface area (Å²) in [6, 6.07) is 5.13. The first-order chi connectivity index (χ1) is 11.8. The van der Waals surface area contributed by atoms with Gasteiger partial charge in [-0.3, -0.25) is 20.4 Å². The molecule has 1 heterocycles. The van der Waals surface area contributed by atoms with E-state index in [1.165, 1.54) is 26.4 Å². The van der Waals surface area contributed by atoms with Crippen molar-refractivity contribution < 1.29 is 27.5 Å². The van der Waals surface area contributed by atoms with Crippen molar-refractivity contribution in [3.63, 3.8) is 0 Å². The summed E-state index contributed by atoms with van der Waals surface area (Å²) in [6.07, 6.45) is 3.03. The highest BCUT2D eigenvalue weighted by Gasteiger charge is 2.32. The van der Waals surface area contributed by atoms with Crippen molar-refractivity contribution in [2.24, 2.45) is 5.92 Å². The van der Waals surface area contributed by atoms with Gasteiger partial charge >= 0.3 is 0 Å². The molecule has 136 valence electrons. The van der Waals surface area contributed by atoms with Crippen LogP contribution in [0.2, 0.25) is 0 Å². The van der Waals surface area contributed by atoms with Crippen LogP contribution in [0, 0.1) is 5.92 Å². The Hall–Kier alpha value is -2.55. The Morgan fingerprint density at radius 3 is 2.56 bits per heavy atom. The van der Waals surface area contributed by atoms with Crippen molar-refractivity contribution in [2.75, 3.05) is 25.7 Å².